The average molecular weight is 325 g/mol. The second-order valence-corrected chi connectivity index (χ2v) is 6.66. The molecule has 1 unspecified atom stereocenters. The van der Waals surface area contributed by atoms with Gasteiger partial charge in [-0.25, -0.2) is 4.79 Å². The van der Waals surface area contributed by atoms with Gasteiger partial charge in [-0.1, -0.05) is 6.08 Å². The van der Waals surface area contributed by atoms with Gasteiger partial charge in [-0.15, -0.1) is 17.9 Å². The van der Waals surface area contributed by atoms with Crippen LogP contribution in [0, 0.1) is 0 Å². The van der Waals surface area contributed by atoms with Crippen LogP contribution in [0.2, 0.25) is 0 Å². The molecule has 1 N–H and O–H groups in total. The molecule has 0 saturated carbocycles. The molecule has 1 heterocycles. The molecular formula is C16H23NO4S. The zero-order valence-corrected chi connectivity index (χ0v) is 14.3. The summed E-state index contributed by atoms with van der Waals surface area (Å²) in [6, 6.07) is 1.64. The normalized spacial score (nSPS) is 12.5. The first kappa shape index (κ1) is 18.4. The van der Waals surface area contributed by atoms with Crippen molar-refractivity contribution in [1.29, 1.82) is 0 Å². The lowest BCUT2D eigenvalue weighted by Crippen LogP contribution is -2.29. The molecule has 1 aromatic heterocycles. The zero-order chi connectivity index (χ0) is 16.8. The summed E-state index contributed by atoms with van der Waals surface area (Å²) < 4.78 is 10.7. The first-order chi connectivity index (χ1) is 10.2. The quantitative estimate of drug-likeness (QED) is 0.472. The molecule has 122 valence electrons. The minimum Gasteiger partial charge on any atom is -0.456 e. The summed E-state index contributed by atoms with van der Waals surface area (Å²) in [4.78, 5) is 24.2. The molecule has 0 aliphatic rings. The van der Waals surface area contributed by atoms with Crippen LogP contribution < -0.4 is 5.32 Å². The summed E-state index contributed by atoms with van der Waals surface area (Å²) in [5.74, 6) is -0.749. The number of nitrogens with one attached hydrogen (secondary N) is 1. The van der Waals surface area contributed by atoms with Gasteiger partial charge in [0.25, 0.3) is 5.91 Å². The standard InChI is InChI=1S/C16H23NO4S/c1-6-7-9-20-11(2)13(18)17-14-12(8-10-22-14)15(19)21-16(3,4)5/h6,8,10-11H,1,7,9H2,2-5H3,(H,17,18). The number of carbonyl (C=O) groups is 2. The molecule has 0 aromatic carbocycles. The smallest absolute Gasteiger partial charge is 0.341 e. The molecule has 5 nitrogen and oxygen atoms in total. The molecule has 0 fully saturated rings. The van der Waals surface area contributed by atoms with Crippen LogP contribution in [0.4, 0.5) is 5.00 Å². The second-order valence-electron chi connectivity index (χ2n) is 5.74. The van der Waals surface area contributed by atoms with Crippen LogP contribution >= 0.6 is 11.3 Å². The van der Waals surface area contributed by atoms with Gasteiger partial charge in [0, 0.05) is 0 Å². The van der Waals surface area contributed by atoms with Crippen LogP contribution in [0.3, 0.4) is 0 Å². The molecule has 0 bridgehead atoms. The van der Waals surface area contributed by atoms with Crippen LogP contribution in [0.25, 0.3) is 0 Å². The zero-order valence-electron chi connectivity index (χ0n) is 13.5. The van der Waals surface area contributed by atoms with Gasteiger partial charge in [-0.05, 0) is 45.6 Å². The van der Waals surface area contributed by atoms with Crippen molar-refractivity contribution in [2.45, 2.75) is 45.8 Å². The Morgan fingerprint density at radius 2 is 2.14 bits per heavy atom. The van der Waals surface area contributed by atoms with Gasteiger partial charge in [0.15, 0.2) is 0 Å². The number of hydrogen-bond acceptors (Lipinski definition) is 5. The van der Waals surface area contributed by atoms with Crippen molar-refractivity contribution in [2.75, 3.05) is 11.9 Å². The van der Waals surface area contributed by atoms with E-state index in [2.05, 4.69) is 11.9 Å². The third-order valence-corrected chi connectivity index (χ3v) is 3.41. The number of anilines is 1. The van der Waals surface area contributed by atoms with Crippen molar-refractivity contribution in [3.63, 3.8) is 0 Å². The van der Waals surface area contributed by atoms with Gasteiger partial charge in [0.05, 0.1) is 12.2 Å². The van der Waals surface area contributed by atoms with E-state index in [0.29, 0.717) is 23.6 Å². The average Bonchev–Trinajstić information content (AvgIpc) is 2.85. The first-order valence-electron chi connectivity index (χ1n) is 7.09. The van der Waals surface area contributed by atoms with Crippen molar-refractivity contribution in [3.05, 3.63) is 29.7 Å². The summed E-state index contributed by atoms with van der Waals surface area (Å²) in [7, 11) is 0. The highest BCUT2D eigenvalue weighted by atomic mass is 32.1. The monoisotopic (exact) mass is 325 g/mol. The Morgan fingerprint density at radius 3 is 2.73 bits per heavy atom. The molecule has 6 heteroatoms. The van der Waals surface area contributed by atoms with E-state index in [0.717, 1.165) is 0 Å². The maximum Gasteiger partial charge on any atom is 0.341 e. The van der Waals surface area contributed by atoms with Crippen LogP contribution in [-0.4, -0.2) is 30.2 Å². The summed E-state index contributed by atoms with van der Waals surface area (Å²) in [5.41, 5.74) is -0.229. The Hall–Kier alpha value is -1.66. The van der Waals surface area contributed by atoms with Crippen molar-refractivity contribution < 1.29 is 19.1 Å². The van der Waals surface area contributed by atoms with E-state index in [1.165, 1.54) is 11.3 Å². The maximum atomic E-state index is 12.1. The SMILES string of the molecule is C=CCCOC(C)C(=O)Nc1sccc1C(=O)OC(C)(C)C. The topological polar surface area (TPSA) is 64.6 Å². The molecule has 0 radical (unpaired) electrons. The number of amides is 1. The summed E-state index contributed by atoms with van der Waals surface area (Å²) in [6.45, 7) is 11.1. The van der Waals surface area contributed by atoms with E-state index in [1.54, 1.807) is 45.2 Å². The van der Waals surface area contributed by atoms with E-state index in [1.807, 2.05) is 0 Å². The third kappa shape index (κ3) is 5.99. The maximum absolute atomic E-state index is 12.1. The minimum absolute atomic E-state index is 0.295. The van der Waals surface area contributed by atoms with E-state index in [9.17, 15) is 9.59 Å². The van der Waals surface area contributed by atoms with E-state index in [-0.39, 0.29) is 5.91 Å². The Bertz CT molecular complexity index is 530. The van der Waals surface area contributed by atoms with Crippen molar-refractivity contribution >= 4 is 28.2 Å². The molecule has 1 atom stereocenters. The Labute approximate surface area is 135 Å². The number of thiophene rings is 1. The second kappa shape index (κ2) is 8.10. The van der Waals surface area contributed by atoms with Gasteiger partial charge in [0.1, 0.15) is 16.7 Å². The Morgan fingerprint density at radius 1 is 1.45 bits per heavy atom. The Balaban J connectivity index is 2.67. The van der Waals surface area contributed by atoms with Crippen molar-refractivity contribution in [2.24, 2.45) is 0 Å². The van der Waals surface area contributed by atoms with Gasteiger partial charge in [0.2, 0.25) is 0 Å². The Kier molecular flexibility index (Phi) is 6.77. The van der Waals surface area contributed by atoms with Crippen LogP contribution in [0.1, 0.15) is 44.5 Å². The van der Waals surface area contributed by atoms with E-state index >= 15 is 0 Å². The van der Waals surface area contributed by atoms with Gasteiger partial charge < -0.3 is 14.8 Å². The molecule has 0 saturated heterocycles. The molecule has 22 heavy (non-hydrogen) atoms. The summed E-state index contributed by atoms with van der Waals surface area (Å²) in [6.07, 6.45) is 1.80. The third-order valence-electron chi connectivity index (χ3n) is 2.58. The number of hydrogen-bond donors (Lipinski definition) is 1. The van der Waals surface area contributed by atoms with Crippen molar-refractivity contribution in [1.82, 2.24) is 0 Å². The minimum atomic E-state index is -0.603. The van der Waals surface area contributed by atoms with Gasteiger partial charge in [-0.2, -0.15) is 0 Å². The predicted molar refractivity (Wildman–Crippen MR) is 88.3 cm³/mol. The number of ether oxygens (including phenoxy) is 2. The lowest BCUT2D eigenvalue weighted by atomic mass is 10.2. The summed E-state index contributed by atoms with van der Waals surface area (Å²) in [5, 5.41) is 4.92. The van der Waals surface area contributed by atoms with Crippen LogP contribution in [0.5, 0.6) is 0 Å². The number of carbonyl (C=O) groups excluding carboxylic acids is 2. The molecule has 1 aromatic rings. The predicted octanol–water partition coefficient (Wildman–Crippen LogP) is 3.62. The highest BCUT2D eigenvalue weighted by Gasteiger charge is 2.23. The number of esters is 1. The molecular weight excluding hydrogens is 302 g/mol. The fourth-order valence-electron chi connectivity index (χ4n) is 1.52. The fourth-order valence-corrected chi connectivity index (χ4v) is 2.30. The van der Waals surface area contributed by atoms with E-state index < -0.39 is 17.7 Å². The van der Waals surface area contributed by atoms with Gasteiger partial charge >= 0.3 is 5.97 Å². The van der Waals surface area contributed by atoms with E-state index in [4.69, 9.17) is 9.47 Å². The van der Waals surface area contributed by atoms with Crippen molar-refractivity contribution in [3.8, 4) is 0 Å². The molecule has 0 spiro atoms. The fraction of sp³-hybridized carbons (Fsp3) is 0.500. The molecule has 0 aliphatic heterocycles. The highest BCUT2D eigenvalue weighted by molar-refractivity contribution is 7.14. The highest BCUT2D eigenvalue weighted by Crippen LogP contribution is 2.26. The van der Waals surface area contributed by atoms with Crippen LogP contribution in [-0.2, 0) is 14.3 Å². The molecule has 1 amide bonds. The molecule has 1 rings (SSSR count). The lowest BCUT2D eigenvalue weighted by molar-refractivity contribution is -0.126. The molecule has 0 aliphatic carbocycles. The number of rotatable bonds is 7. The van der Waals surface area contributed by atoms with Crippen LogP contribution in [0.15, 0.2) is 24.1 Å². The first-order valence-corrected chi connectivity index (χ1v) is 7.96. The van der Waals surface area contributed by atoms with Gasteiger partial charge in [-0.3, -0.25) is 4.79 Å². The largest absolute Gasteiger partial charge is 0.456 e. The lowest BCUT2D eigenvalue weighted by Gasteiger charge is -2.19. The summed E-state index contributed by atoms with van der Waals surface area (Å²) >= 11 is 1.27.